The van der Waals surface area contributed by atoms with E-state index in [1.54, 1.807) is 0 Å². The summed E-state index contributed by atoms with van der Waals surface area (Å²) in [6.45, 7) is 14.4. The molecule has 10 aromatic rings. The molecule has 54 heavy (non-hydrogen) atoms. The first-order valence-corrected chi connectivity index (χ1v) is 25.9. The van der Waals surface area contributed by atoms with Crippen LogP contribution >= 0.6 is 0 Å². The Hall–Kier alpha value is -5.83. The van der Waals surface area contributed by atoms with E-state index in [0.29, 0.717) is 5.95 Å². The van der Waals surface area contributed by atoms with Gasteiger partial charge in [0.15, 0.2) is 0 Å². The van der Waals surface area contributed by atoms with Crippen molar-refractivity contribution in [3.05, 3.63) is 146 Å². The van der Waals surface area contributed by atoms with E-state index in [0.717, 1.165) is 33.5 Å². The number of hydrogen-bond acceptors (Lipinski definition) is 2. The first kappa shape index (κ1) is 32.8. The summed E-state index contributed by atoms with van der Waals surface area (Å²) >= 11 is 0. The number of pyridine rings is 1. The van der Waals surface area contributed by atoms with Crippen molar-refractivity contribution in [2.75, 3.05) is 0 Å². The molecular formula is C48H42N4Si2. The fourth-order valence-electron chi connectivity index (χ4n) is 8.29. The van der Waals surface area contributed by atoms with E-state index >= 15 is 0 Å². The minimum Gasteiger partial charge on any atom is -0.309 e. The van der Waals surface area contributed by atoms with Gasteiger partial charge in [-0.15, -0.1) is 0 Å². The summed E-state index contributed by atoms with van der Waals surface area (Å²) in [7, 11) is -2.92. The molecule has 4 heterocycles. The fourth-order valence-corrected chi connectivity index (χ4v) is 10.6. The first-order chi connectivity index (χ1) is 26.0. The Morgan fingerprint density at radius 1 is 0.389 bits per heavy atom. The largest absolute Gasteiger partial charge is 0.309 e. The van der Waals surface area contributed by atoms with Gasteiger partial charge in [-0.25, -0.2) is 9.97 Å². The van der Waals surface area contributed by atoms with Crippen molar-refractivity contribution in [2.24, 2.45) is 0 Å². The lowest BCUT2D eigenvalue weighted by Gasteiger charge is -2.18. The Balaban J connectivity index is 1.26. The molecule has 0 saturated carbocycles. The number of nitrogens with zero attached hydrogens (tertiary/aromatic N) is 4. The molecular weight excluding hydrogens is 689 g/mol. The first-order valence-electron chi connectivity index (χ1n) is 18.9. The summed E-state index contributed by atoms with van der Waals surface area (Å²) in [5, 5.41) is 10.2. The van der Waals surface area contributed by atoms with Gasteiger partial charge in [0.1, 0.15) is 0 Å². The van der Waals surface area contributed by atoms with Crippen LogP contribution in [0.1, 0.15) is 0 Å². The Morgan fingerprint density at radius 3 is 1.41 bits per heavy atom. The van der Waals surface area contributed by atoms with Gasteiger partial charge >= 0.3 is 0 Å². The van der Waals surface area contributed by atoms with E-state index < -0.39 is 16.1 Å². The predicted molar refractivity (Wildman–Crippen MR) is 237 cm³/mol. The van der Waals surface area contributed by atoms with Gasteiger partial charge < -0.3 is 4.40 Å². The summed E-state index contributed by atoms with van der Waals surface area (Å²) < 4.78 is 4.73. The summed E-state index contributed by atoms with van der Waals surface area (Å²) in [6.07, 6.45) is 0. The molecule has 262 valence electrons. The average Bonchev–Trinajstić information content (AvgIpc) is 3.72. The maximum absolute atomic E-state index is 5.39. The Kier molecular flexibility index (Phi) is 7.19. The quantitative estimate of drug-likeness (QED) is 0.131. The predicted octanol–water partition coefficient (Wildman–Crippen LogP) is 11.7. The lowest BCUT2D eigenvalue weighted by Crippen LogP contribution is -2.37. The number of benzene rings is 6. The highest BCUT2D eigenvalue weighted by Crippen LogP contribution is 2.39. The van der Waals surface area contributed by atoms with Crippen LogP contribution in [0.2, 0.25) is 39.3 Å². The van der Waals surface area contributed by atoms with E-state index in [4.69, 9.17) is 9.97 Å². The molecule has 0 aliphatic heterocycles. The average molecular weight is 731 g/mol. The maximum atomic E-state index is 5.39. The molecule has 0 saturated heterocycles. The monoisotopic (exact) mass is 730 g/mol. The zero-order valence-electron chi connectivity index (χ0n) is 31.6. The van der Waals surface area contributed by atoms with Gasteiger partial charge in [0.25, 0.3) is 0 Å². The third-order valence-electron chi connectivity index (χ3n) is 11.2. The van der Waals surface area contributed by atoms with E-state index in [1.807, 2.05) is 0 Å². The molecule has 6 aromatic carbocycles. The SMILES string of the molecule is C[Si](C)(C)c1ccc(-c2cc(-c3ccc([Si](C)(C)C)cc3)nc(-n3c4ccccc4c4cc5c(cc43)cc3c4ccccc4c4ccccc4n53)n2)cc1. The van der Waals surface area contributed by atoms with Crippen molar-refractivity contribution in [3.63, 3.8) is 0 Å². The van der Waals surface area contributed by atoms with Crippen molar-refractivity contribution in [1.82, 2.24) is 18.9 Å². The topological polar surface area (TPSA) is 35.1 Å². The summed E-state index contributed by atoms with van der Waals surface area (Å²) in [6, 6.07) is 53.7. The van der Waals surface area contributed by atoms with Gasteiger partial charge in [-0.1, -0.05) is 159 Å². The summed E-state index contributed by atoms with van der Waals surface area (Å²) in [5.41, 5.74) is 9.86. The van der Waals surface area contributed by atoms with Crippen molar-refractivity contribution < 1.29 is 0 Å². The van der Waals surface area contributed by atoms with Crippen LogP contribution in [0.4, 0.5) is 0 Å². The second-order valence-corrected chi connectivity index (χ2v) is 27.0. The van der Waals surface area contributed by atoms with Crippen LogP contribution in [-0.2, 0) is 0 Å². The zero-order chi connectivity index (χ0) is 36.9. The van der Waals surface area contributed by atoms with Crippen LogP contribution in [0, 0.1) is 0 Å². The molecule has 0 spiro atoms. The van der Waals surface area contributed by atoms with Crippen LogP contribution in [0.15, 0.2) is 146 Å². The van der Waals surface area contributed by atoms with Crippen molar-refractivity contribution in [1.29, 1.82) is 0 Å². The molecule has 0 aliphatic carbocycles. The molecule has 0 unspecified atom stereocenters. The Morgan fingerprint density at radius 2 is 0.852 bits per heavy atom. The molecule has 0 atom stereocenters. The van der Waals surface area contributed by atoms with Crippen LogP contribution in [-0.4, -0.2) is 35.1 Å². The van der Waals surface area contributed by atoms with Crippen molar-refractivity contribution >= 4 is 86.4 Å². The van der Waals surface area contributed by atoms with Gasteiger partial charge in [0, 0.05) is 38.1 Å². The van der Waals surface area contributed by atoms with E-state index in [9.17, 15) is 0 Å². The summed E-state index contributed by atoms with van der Waals surface area (Å²) in [5.74, 6) is 0.677. The van der Waals surface area contributed by atoms with E-state index in [1.165, 1.54) is 59.2 Å². The molecule has 10 rings (SSSR count). The summed E-state index contributed by atoms with van der Waals surface area (Å²) in [4.78, 5) is 10.8. The second-order valence-electron chi connectivity index (χ2n) is 16.8. The molecule has 0 aliphatic rings. The minimum atomic E-state index is -1.46. The van der Waals surface area contributed by atoms with Gasteiger partial charge in [0.05, 0.1) is 55.1 Å². The standard InChI is InChI=1S/C48H42N4Si2/c1-53(2,3)34-23-19-31(20-24-34)41-30-42(32-21-25-35(26-22-32)54(4,5)6)50-48(49-41)52-44-18-12-10-16-39(44)40-29-45-33(28-47(40)52)27-46-38-15-8-7-13-36(38)37-14-9-11-17-43(37)51(45)46/h7-30H,1-6H3. The molecule has 4 aromatic heterocycles. The number of hydrogen-bond donors (Lipinski definition) is 0. The van der Waals surface area contributed by atoms with Crippen LogP contribution in [0.5, 0.6) is 0 Å². The minimum absolute atomic E-state index is 0.677. The van der Waals surface area contributed by atoms with Gasteiger partial charge in [0.2, 0.25) is 5.95 Å². The third kappa shape index (κ3) is 5.16. The second kappa shape index (κ2) is 11.8. The molecule has 0 radical (unpaired) electrons. The third-order valence-corrected chi connectivity index (χ3v) is 15.4. The Labute approximate surface area is 317 Å². The van der Waals surface area contributed by atoms with Crippen LogP contribution in [0.25, 0.3) is 88.4 Å². The fraction of sp³-hybridized carbons (Fsp3) is 0.125. The van der Waals surface area contributed by atoms with Crippen molar-refractivity contribution in [2.45, 2.75) is 39.3 Å². The van der Waals surface area contributed by atoms with Crippen molar-refractivity contribution in [3.8, 4) is 28.5 Å². The van der Waals surface area contributed by atoms with E-state index in [2.05, 4.69) is 194 Å². The van der Waals surface area contributed by atoms with Crippen LogP contribution in [0.3, 0.4) is 0 Å². The number of para-hydroxylation sites is 2. The maximum Gasteiger partial charge on any atom is 0.235 e. The molecule has 6 heteroatoms. The Bertz CT molecular complexity index is 3030. The number of aromatic nitrogens is 4. The molecule has 0 N–H and O–H groups in total. The lowest BCUT2D eigenvalue weighted by molar-refractivity contribution is 0.996. The van der Waals surface area contributed by atoms with Gasteiger partial charge in [-0.05, 0) is 41.8 Å². The highest BCUT2D eigenvalue weighted by Gasteiger charge is 2.22. The highest BCUT2D eigenvalue weighted by molar-refractivity contribution is 6.89. The van der Waals surface area contributed by atoms with E-state index in [-0.39, 0.29) is 0 Å². The molecule has 0 bridgehead atoms. The zero-order valence-corrected chi connectivity index (χ0v) is 33.6. The highest BCUT2D eigenvalue weighted by atomic mass is 28.3. The molecule has 0 fully saturated rings. The smallest absolute Gasteiger partial charge is 0.235 e. The molecule has 0 amide bonds. The van der Waals surface area contributed by atoms with Gasteiger partial charge in [-0.3, -0.25) is 4.57 Å². The number of rotatable bonds is 5. The van der Waals surface area contributed by atoms with Gasteiger partial charge in [-0.2, -0.15) is 0 Å². The number of fused-ring (bicyclic) bond motifs is 11. The molecule has 4 nitrogen and oxygen atoms in total. The normalized spacial score (nSPS) is 12.6. The lowest BCUT2D eigenvalue weighted by atomic mass is 10.1. The van der Waals surface area contributed by atoms with Crippen LogP contribution < -0.4 is 10.4 Å².